The zero-order valence-corrected chi connectivity index (χ0v) is 10.7. The molecule has 1 fully saturated rings. The van der Waals surface area contributed by atoms with Gasteiger partial charge in [-0.15, -0.1) is 11.6 Å². The van der Waals surface area contributed by atoms with Gasteiger partial charge in [-0.05, 0) is 6.92 Å². The molecule has 1 aromatic heterocycles. The molecule has 1 aliphatic heterocycles. The molecule has 2 rings (SSSR count). The van der Waals surface area contributed by atoms with E-state index in [0.29, 0.717) is 13.1 Å². The number of likely N-dealkylation sites (tertiary alicyclic amines) is 1. The Hall–Kier alpha value is -1.07. The summed E-state index contributed by atoms with van der Waals surface area (Å²) in [5, 5.41) is -0.492. The molecule has 1 saturated heterocycles. The van der Waals surface area contributed by atoms with Crippen molar-refractivity contribution < 1.29 is 9.53 Å². The van der Waals surface area contributed by atoms with E-state index in [-0.39, 0.29) is 18.1 Å². The number of imidazole rings is 1. The van der Waals surface area contributed by atoms with Gasteiger partial charge in [0.25, 0.3) is 0 Å². The number of aromatic nitrogens is 2. The standard InChI is InChI=1S/C11H16ClN3O2/c1-8(12)11(16)15-5-9(10(6-15)17-2)14-4-3-13-7-14/h3-4,7-10H,5-6H2,1-2H3/t8-,9+,10-/m1/s1. The molecule has 0 spiro atoms. The Bertz CT molecular complexity index is 380. The lowest BCUT2D eigenvalue weighted by atomic mass is 10.2. The van der Waals surface area contributed by atoms with Crippen molar-refractivity contribution in [3.63, 3.8) is 0 Å². The minimum Gasteiger partial charge on any atom is -0.377 e. The lowest BCUT2D eigenvalue weighted by molar-refractivity contribution is -0.129. The van der Waals surface area contributed by atoms with E-state index >= 15 is 0 Å². The number of nitrogens with zero attached hydrogens (tertiary/aromatic N) is 3. The smallest absolute Gasteiger partial charge is 0.240 e. The first kappa shape index (κ1) is 12.4. The van der Waals surface area contributed by atoms with E-state index in [1.807, 2.05) is 10.8 Å². The number of alkyl halides is 1. The normalized spacial score (nSPS) is 26.2. The average molecular weight is 258 g/mol. The average Bonchev–Trinajstić information content (AvgIpc) is 2.95. The van der Waals surface area contributed by atoms with Crippen LogP contribution in [0.5, 0.6) is 0 Å². The number of hydrogen-bond donors (Lipinski definition) is 0. The minimum atomic E-state index is -0.492. The van der Waals surface area contributed by atoms with E-state index in [2.05, 4.69) is 4.98 Å². The molecule has 2 heterocycles. The van der Waals surface area contributed by atoms with Crippen LogP contribution in [0.3, 0.4) is 0 Å². The van der Waals surface area contributed by atoms with Crippen molar-refractivity contribution in [1.82, 2.24) is 14.5 Å². The molecular formula is C11H16ClN3O2. The fourth-order valence-corrected chi connectivity index (χ4v) is 2.31. The van der Waals surface area contributed by atoms with E-state index in [1.54, 1.807) is 31.5 Å². The highest BCUT2D eigenvalue weighted by Crippen LogP contribution is 2.25. The molecule has 0 radical (unpaired) electrons. The summed E-state index contributed by atoms with van der Waals surface area (Å²) in [6, 6.07) is 0.113. The summed E-state index contributed by atoms with van der Waals surface area (Å²) in [6.07, 6.45) is 5.34. The van der Waals surface area contributed by atoms with Gasteiger partial charge in [0, 0.05) is 32.6 Å². The van der Waals surface area contributed by atoms with Crippen molar-refractivity contribution in [3.8, 4) is 0 Å². The van der Waals surface area contributed by atoms with Crippen LogP contribution in [0.1, 0.15) is 13.0 Å². The van der Waals surface area contributed by atoms with Crippen LogP contribution in [0.2, 0.25) is 0 Å². The summed E-state index contributed by atoms with van der Waals surface area (Å²) < 4.78 is 7.39. The van der Waals surface area contributed by atoms with Crippen molar-refractivity contribution in [1.29, 1.82) is 0 Å². The van der Waals surface area contributed by atoms with Crippen LogP contribution in [0, 0.1) is 0 Å². The Morgan fingerprint density at radius 2 is 2.35 bits per heavy atom. The van der Waals surface area contributed by atoms with Crippen LogP contribution in [0.4, 0.5) is 0 Å². The quantitative estimate of drug-likeness (QED) is 0.757. The molecule has 1 aliphatic rings. The predicted octanol–water partition coefficient (Wildman–Crippen LogP) is 0.909. The maximum Gasteiger partial charge on any atom is 0.240 e. The van der Waals surface area contributed by atoms with Crippen LogP contribution in [0.25, 0.3) is 0 Å². The number of carbonyl (C=O) groups excluding carboxylic acids is 1. The zero-order valence-electron chi connectivity index (χ0n) is 9.91. The number of halogens is 1. The lowest BCUT2D eigenvalue weighted by Crippen LogP contribution is -2.34. The Labute approximate surface area is 105 Å². The second-order valence-corrected chi connectivity index (χ2v) is 4.87. The molecule has 0 aliphatic carbocycles. The van der Waals surface area contributed by atoms with E-state index < -0.39 is 5.38 Å². The second kappa shape index (κ2) is 5.06. The summed E-state index contributed by atoms with van der Waals surface area (Å²) in [4.78, 5) is 17.6. The highest BCUT2D eigenvalue weighted by molar-refractivity contribution is 6.30. The SMILES string of the molecule is CO[C@@H]1CN(C(=O)[C@@H](C)Cl)C[C@@H]1n1ccnc1. The largest absolute Gasteiger partial charge is 0.377 e. The van der Waals surface area contributed by atoms with Crippen LogP contribution < -0.4 is 0 Å². The Kier molecular flexibility index (Phi) is 3.69. The third kappa shape index (κ3) is 2.45. The van der Waals surface area contributed by atoms with Gasteiger partial charge >= 0.3 is 0 Å². The van der Waals surface area contributed by atoms with E-state index in [1.165, 1.54) is 0 Å². The third-order valence-corrected chi connectivity index (χ3v) is 3.29. The molecular weight excluding hydrogens is 242 g/mol. The van der Waals surface area contributed by atoms with Crippen LogP contribution in [-0.4, -0.2) is 52.0 Å². The topological polar surface area (TPSA) is 47.4 Å². The van der Waals surface area contributed by atoms with E-state index in [0.717, 1.165) is 0 Å². The first-order valence-electron chi connectivity index (χ1n) is 5.56. The first-order valence-corrected chi connectivity index (χ1v) is 6.00. The molecule has 3 atom stereocenters. The summed E-state index contributed by atoms with van der Waals surface area (Å²) in [6.45, 7) is 2.89. The highest BCUT2D eigenvalue weighted by atomic mass is 35.5. The predicted molar refractivity (Wildman–Crippen MR) is 64.0 cm³/mol. The Balaban J connectivity index is 2.11. The zero-order chi connectivity index (χ0) is 12.4. The first-order chi connectivity index (χ1) is 8.13. The van der Waals surface area contributed by atoms with Crippen molar-refractivity contribution >= 4 is 17.5 Å². The van der Waals surface area contributed by atoms with Crippen molar-refractivity contribution in [3.05, 3.63) is 18.7 Å². The number of rotatable bonds is 3. The Morgan fingerprint density at radius 3 is 2.88 bits per heavy atom. The van der Waals surface area contributed by atoms with E-state index in [4.69, 9.17) is 16.3 Å². The summed E-state index contributed by atoms with van der Waals surface area (Å²) in [5.41, 5.74) is 0. The van der Waals surface area contributed by atoms with Gasteiger partial charge in [-0.25, -0.2) is 4.98 Å². The minimum absolute atomic E-state index is 0.0106. The van der Waals surface area contributed by atoms with Crippen LogP contribution >= 0.6 is 11.6 Å². The molecule has 0 unspecified atom stereocenters. The van der Waals surface area contributed by atoms with Gasteiger partial charge < -0.3 is 14.2 Å². The van der Waals surface area contributed by atoms with Gasteiger partial charge in [0.1, 0.15) is 5.38 Å². The molecule has 6 heteroatoms. The highest BCUT2D eigenvalue weighted by Gasteiger charge is 2.37. The van der Waals surface area contributed by atoms with Crippen molar-refractivity contribution in [2.45, 2.75) is 24.4 Å². The van der Waals surface area contributed by atoms with E-state index in [9.17, 15) is 4.79 Å². The van der Waals surface area contributed by atoms with Crippen molar-refractivity contribution in [2.24, 2.45) is 0 Å². The van der Waals surface area contributed by atoms with Crippen LogP contribution in [-0.2, 0) is 9.53 Å². The molecule has 0 aromatic carbocycles. The molecule has 94 valence electrons. The van der Waals surface area contributed by atoms with Crippen molar-refractivity contribution in [2.75, 3.05) is 20.2 Å². The molecule has 17 heavy (non-hydrogen) atoms. The molecule has 0 saturated carbocycles. The second-order valence-electron chi connectivity index (χ2n) is 4.21. The fraction of sp³-hybridized carbons (Fsp3) is 0.636. The Morgan fingerprint density at radius 1 is 1.59 bits per heavy atom. The van der Waals surface area contributed by atoms with Gasteiger partial charge in [0.2, 0.25) is 5.91 Å². The molecule has 1 aromatic rings. The third-order valence-electron chi connectivity index (χ3n) is 3.10. The maximum atomic E-state index is 11.8. The van der Waals surface area contributed by atoms with Crippen LogP contribution in [0.15, 0.2) is 18.7 Å². The van der Waals surface area contributed by atoms with Gasteiger partial charge in [-0.2, -0.15) is 0 Å². The maximum absolute atomic E-state index is 11.8. The summed E-state index contributed by atoms with van der Waals surface area (Å²) in [7, 11) is 1.66. The number of methoxy groups -OCH3 is 1. The number of hydrogen-bond acceptors (Lipinski definition) is 3. The monoisotopic (exact) mass is 257 g/mol. The van der Waals surface area contributed by atoms with Gasteiger partial charge in [-0.1, -0.05) is 0 Å². The summed E-state index contributed by atoms with van der Waals surface area (Å²) >= 11 is 5.82. The van der Waals surface area contributed by atoms with Gasteiger partial charge in [0.15, 0.2) is 0 Å². The fourth-order valence-electron chi connectivity index (χ4n) is 2.17. The molecule has 5 nitrogen and oxygen atoms in total. The molecule has 0 bridgehead atoms. The van der Waals surface area contributed by atoms with Gasteiger partial charge in [0.05, 0.1) is 18.5 Å². The summed E-state index contributed by atoms with van der Waals surface area (Å²) in [5.74, 6) is -0.0451. The number of ether oxygens (including phenoxy) is 1. The lowest BCUT2D eigenvalue weighted by Gasteiger charge is -2.17. The number of carbonyl (C=O) groups is 1. The number of amides is 1. The molecule has 0 N–H and O–H groups in total. The molecule has 1 amide bonds. The van der Waals surface area contributed by atoms with Gasteiger partial charge in [-0.3, -0.25) is 4.79 Å².